The summed E-state index contributed by atoms with van der Waals surface area (Å²) in [6.07, 6.45) is -0.227. The molecule has 0 aliphatic rings. The molecule has 1 heterocycles. The SMILES string of the molecule is CC(F)c1ccc(C=O)s1. The van der Waals surface area contributed by atoms with Gasteiger partial charge in [0.15, 0.2) is 6.29 Å². The molecular weight excluding hydrogens is 151 g/mol. The average molecular weight is 158 g/mol. The molecule has 0 radical (unpaired) electrons. The van der Waals surface area contributed by atoms with Crippen LogP contribution >= 0.6 is 11.3 Å². The van der Waals surface area contributed by atoms with Crippen molar-refractivity contribution in [3.8, 4) is 0 Å². The van der Waals surface area contributed by atoms with E-state index in [4.69, 9.17) is 0 Å². The van der Waals surface area contributed by atoms with Gasteiger partial charge in [-0.2, -0.15) is 0 Å². The normalized spacial score (nSPS) is 13.0. The maximum Gasteiger partial charge on any atom is 0.160 e. The van der Waals surface area contributed by atoms with Crippen molar-refractivity contribution < 1.29 is 9.18 Å². The minimum atomic E-state index is -0.960. The molecule has 54 valence electrons. The average Bonchev–Trinajstić information content (AvgIpc) is 2.34. The standard InChI is InChI=1S/C7H7FOS/c1-5(8)7-3-2-6(4-9)10-7/h2-5H,1H3. The van der Waals surface area contributed by atoms with Crippen LogP contribution < -0.4 is 0 Å². The summed E-state index contributed by atoms with van der Waals surface area (Å²) in [5, 5.41) is 0. The summed E-state index contributed by atoms with van der Waals surface area (Å²) < 4.78 is 12.5. The van der Waals surface area contributed by atoms with Gasteiger partial charge in [-0.25, -0.2) is 4.39 Å². The van der Waals surface area contributed by atoms with Gasteiger partial charge in [0.2, 0.25) is 0 Å². The number of halogens is 1. The zero-order chi connectivity index (χ0) is 7.56. The first kappa shape index (κ1) is 7.41. The van der Waals surface area contributed by atoms with E-state index in [0.29, 0.717) is 9.75 Å². The number of carbonyl (C=O) groups excluding carboxylic acids is 1. The lowest BCUT2D eigenvalue weighted by molar-refractivity contribution is 0.112. The summed E-state index contributed by atoms with van der Waals surface area (Å²) in [6.45, 7) is 1.46. The van der Waals surface area contributed by atoms with Crippen LogP contribution in [0.25, 0.3) is 0 Å². The maximum atomic E-state index is 12.5. The molecule has 1 rings (SSSR count). The zero-order valence-electron chi connectivity index (χ0n) is 5.50. The molecular formula is C7H7FOS. The fraction of sp³-hybridized carbons (Fsp3) is 0.286. The Bertz CT molecular complexity index is 229. The molecule has 0 aromatic carbocycles. The van der Waals surface area contributed by atoms with Crippen LogP contribution in [0.2, 0.25) is 0 Å². The van der Waals surface area contributed by atoms with E-state index in [-0.39, 0.29) is 0 Å². The van der Waals surface area contributed by atoms with Gasteiger partial charge in [-0.1, -0.05) is 0 Å². The first-order chi connectivity index (χ1) is 4.74. The first-order valence-corrected chi connectivity index (χ1v) is 3.74. The fourth-order valence-corrected chi connectivity index (χ4v) is 1.40. The monoisotopic (exact) mass is 158 g/mol. The number of thiophene rings is 1. The Kier molecular flexibility index (Phi) is 2.17. The molecule has 0 aliphatic carbocycles. The van der Waals surface area contributed by atoms with Crippen LogP contribution in [0.3, 0.4) is 0 Å². The second-order valence-electron chi connectivity index (χ2n) is 1.97. The quantitative estimate of drug-likeness (QED) is 0.604. The van der Waals surface area contributed by atoms with Crippen LogP contribution in [-0.2, 0) is 0 Å². The van der Waals surface area contributed by atoms with Crippen LogP contribution in [0.1, 0.15) is 27.6 Å². The molecule has 1 aromatic rings. The van der Waals surface area contributed by atoms with Gasteiger partial charge in [0.1, 0.15) is 6.17 Å². The molecule has 1 atom stereocenters. The number of aldehydes is 1. The van der Waals surface area contributed by atoms with Crippen LogP contribution in [0.5, 0.6) is 0 Å². The molecule has 3 heteroatoms. The predicted molar refractivity (Wildman–Crippen MR) is 39.2 cm³/mol. The second-order valence-corrected chi connectivity index (χ2v) is 3.12. The highest BCUT2D eigenvalue weighted by Crippen LogP contribution is 2.24. The Hall–Kier alpha value is -0.700. The Morgan fingerprint density at radius 2 is 2.40 bits per heavy atom. The topological polar surface area (TPSA) is 17.1 Å². The van der Waals surface area contributed by atoms with Crippen molar-refractivity contribution >= 4 is 17.6 Å². The largest absolute Gasteiger partial charge is 0.297 e. The lowest BCUT2D eigenvalue weighted by atomic mass is 10.3. The molecule has 1 nitrogen and oxygen atoms in total. The summed E-state index contributed by atoms with van der Waals surface area (Å²) >= 11 is 1.20. The van der Waals surface area contributed by atoms with Gasteiger partial charge in [0.05, 0.1) is 4.88 Å². The molecule has 1 unspecified atom stereocenters. The number of alkyl halides is 1. The Morgan fingerprint density at radius 3 is 2.70 bits per heavy atom. The number of hydrogen-bond donors (Lipinski definition) is 0. The van der Waals surface area contributed by atoms with Gasteiger partial charge in [0, 0.05) is 4.88 Å². The van der Waals surface area contributed by atoms with Gasteiger partial charge < -0.3 is 0 Å². The van der Waals surface area contributed by atoms with Crippen molar-refractivity contribution in [2.75, 3.05) is 0 Å². The molecule has 0 saturated carbocycles. The number of rotatable bonds is 2. The van der Waals surface area contributed by atoms with E-state index < -0.39 is 6.17 Å². The Labute approximate surface area is 62.5 Å². The third-order valence-electron chi connectivity index (χ3n) is 1.16. The number of hydrogen-bond acceptors (Lipinski definition) is 2. The maximum absolute atomic E-state index is 12.5. The lowest BCUT2D eigenvalue weighted by Gasteiger charge is -1.92. The molecule has 0 spiro atoms. The fourth-order valence-electron chi connectivity index (χ4n) is 0.646. The third-order valence-corrected chi connectivity index (χ3v) is 2.32. The van der Waals surface area contributed by atoms with E-state index in [9.17, 15) is 9.18 Å². The van der Waals surface area contributed by atoms with Crippen molar-refractivity contribution in [1.82, 2.24) is 0 Å². The molecule has 0 saturated heterocycles. The van der Waals surface area contributed by atoms with Crippen molar-refractivity contribution in [3.63, 3.8) is 0 Å². The smallest absolute Gasteiger partial charge is 0.160 e. The van der Waals surface area contributed by atoms with Crippen LogP contribution in [0.15, 0.2) is 12.1 Å². The van der Waals surface area contributed by atoms with Gasteiger partial charge in [0.25, 0.3) is 0 Å². The van der Waals surface area contributed by atoms with Crippen molar-refractivity contribution in [3.05, 3.63) is 21.9 Å². The van der Waals surface area contributed by atoms with Crippen LogP contribution in [0.4, 0.5) is 4.39 Å². The van der Waals surface area contributed by atoms with E-state index in [1.54, 1.807) is 12.1 Å². The summed E-state index contributed by atoms with van der Waals surface area (Å²) in [5.41, 5.74) is 0. The first-order valence-electron chi connectivity index (χ1n) is 2.93. The van der Waals surface area contributed by atoms with Crippen molar-refractivity contribution in [1.29, 1.82) is 0 Å². The predicted octanol–water partition coefficient (Wildman–Crippen LogP) is 2.59. The van der Waals surface area contributed by atoms with E-state index in [2.05, 4.69) is 0 Å². The highest BCUT2D eigenvalue weighted by atomic mass is 32.1. The van der Waals surface area contributed by atoms with E-state index in [1.165, 1.54) is 18.3 Å². The molecule has 0 amide bonds. The minimum absolute atomic E-state index is 0.583. The Morgan fingerprint density at radius 1 is 1.70 bits per heavy atom. The molecule has 10 heavy (non-hydrogen) atoms. The van der Waals surface area contributed by atoms with Crippen molar-refractivity contribution in [2.45, 2.75) is 13.1 Å². The molecule has 0 bridgehead atoms. The van der Waals surface area contributed by atoms with Gasteiger partial charge in [-0.15, -0.1) is 11.3 Å². The summed E-state index contributed by atoms with van der Waals surface area (Å²) in [7, 11) is 0. The minimum Gasteiger partial charge on any atom is -0.297 e. The molecule has 0 N–H and O–H groups in total. The van der Waals surface area contributed by atoms with E-state index >= 15 is 0 Å². The lowest BCUT2D eigenvalue weighted by Crippen LogP contribution is -1.74. The van der Waals surface area contributed by atoms with Crippen molar-refractivity contribution in [2.24, 2.45) is 0 Å². The summed E-state index contributed by atoms with van der Waals surface area (Å²) in [4.78, 5) is 11.3. The third kappa shape index (κ3) is 1.42. The highest BCUT2D eigenvalue weighted by Gasteiger charge is 2.04. The highest BCUT2D eigenvalue weighted by molar-refractivity contribution is 7.13. The molecule has 1 aromatic heterocycles. The van der Waals surface area contributed by atoms with E-state index in [0.717, 1.165) is 6.29 Å². The van der Waals surface area contributed by atoms with Gasteiger partial charge in [-0.05, 0) is 19.1 Å². The van der Waals surface area contributed by atoms with Gasteiger partial charge in [-0.3, -0.25) is 4.79 Å². The summed E-state index contributed by atoms with van der Waals surface area (Å²) in [6, 6.07) is 3.27. The van der Waals surface area contributed by atoms with E-state index in [1.807, 2.05) is 0 Å². The van der Waals surface area contributed by atoms with Gasteiger partial charge >= 0.3 is 0 Å². The van der Waals surface area contributed by atoms with Crippen LogP contribution in [-0.4, -0.2) is 6.29 Å². The molecule has 0 aliphatic heterocycles. The molecule has 0 fully saturated rings. The zero-order valence-corrected chi connectivity index (χ0v) is 6.32. The summed E-state index contributed by atoms with van der Waals surface area (Å²) in [5.74, 6) is 0. The van der Waals surface area contributed by atoms with Crippen LogP contribution in [0, 0.1) is 0 Å². The number of carbonyl (C=O) groups is 1. The Balaban J connectivity index is 2.88. The second kappa shape index (κ2) is 2.92.